The standard InChI is InChI=1S/C38H22N4S2/c1-5-13-33-29(9-1)41(30-10-2-6-14-34(30)43-33)25-17-23-21-40-28-20-26(18-24-22-39-27(19-25)37(23)38(24)28)42-31-11-3-7-15-35(31)44-36-16-8-4-12-32(36)42/h1-22H. The summed E-state index contributed by atoms with van der Waals surface area (Å²) in [5, 5.41) is 4.50. The smallest absolute Gasteiger partial charge is 0.0736 e. The molecule has 0 amide bonds. The van der Waals surface area contributed by atoms with E-state index in [0.717, 1.165) is 44.0 Å². The zero-order valence-corrected chi connectivity index (χ0v) is 24.9. The minimum atomic E-state index is 0.975. The molecular formula is C38H22N4S2. The van der Waals surface area contributed by atoms with Crippen molar-refractivity contribution in [2.24, 2.45) is 0 Å². The molecule has 6 aromatic carbocycles. The molecule has 4 nitrogen and oxygen atoms in total. The number of pyridine rings is 2. The van der Waals surface area contributed by atoms with Crippen molar-refractivity contribution in [3.05, 3.63) is 134 Å². The second-order valence-corrected chi connectivity index (χ2v) is 13.3. The lowest BCUT2D eigenvalue weighted by molar-refractivity contribution is 1.17. The summed E-state index contributed by atoms with van der Waals surface area (Å²) < 4.78 is 0. The maximum atomic E-state index is 5.07. The maximum Gasteiger partial charge on any atom is 0.0736 e. The van der Waals surface area contributed by atoms with E-state index in [1.165, 1.54) is 42.3 Å². The van der Waals surface area contributed by atoms with Crippen LogP contribution in [0.1, 0.15) is 0 Å². The highest BCUT2D eigenvalue weighted by Gasteiger charge is 2.27. The molecule has 10 rings (SSSR count). The molecule has 4 heterocycles. The summed E-state index contributed by atoms with van der Waals surface area (Å²) in [6.45, 7) is 0. The predicted octanol–water partition coefficient (Wildman–Crippen LogP) is 11.2. The summed E-state index contributed by atoms with van der Waals surface area (Å²) >= 11 is 3.64. The van der Waals surface area contributed by atoms with E-state index >= 15 is 0 Å². The van der Waals surface area contributed by atoms with Gasteiger partial charge in [-0.1, -0.05) is 72.1 Å². The van der Waals surface area contributed by atoms with Crippen LogP contribution in [-0.2, 0) is 0 Å². The Hall–Kier alpha value is -5.04. The molecule has 0 saturated heterocycles. The van der Waals surface area contributed by atoms with Crippen molar-refractivity contribution in [2.75, 3.05) is 9.80 Å². The number of rotatable bonds is 2. The first-order chi connectivity index (χ1) is 21.8. The molecule has 0 atom stereocenters. The Bertz CT molecular complexity index is 2110. The number of benzene rings is 6. The van der Waals surface area contributed by atoms with Gasteiger partial charge in [0.15, 0.2) is 0 Å². The topological polar surface area (TPSA) is 32.3 Å². The van der Waals surface area contributed by atoms with Gasteiger partial charge in [-0.25, -0.2) is 0 Å². The molecule has 2 aliphatic rings. The number of hydrogen-bond acceptors (Lipinski definition) is 6. The molecule has 0 bridgehead atoms. The van der Waals surface area contributed by atoms with Crippen LogP contribution in [-0.4, -0.2) is 9.97 Å². The summed E-state index contributed by atoms with van der Waals surface area (Å²) in [6.07, 6.45) is 4.03. The number of anilines is 6. The molecule has 44 heavy (non-hydrogen) atoms. The van der Waals surface area contributed by atoms with E-state index in [1.807, 2.05) is 35.9 Å². The Balaban J connectivity index is 1.17. The van der Waals surface area contributed by atoms with Gasteiger partial charge in [0.05, 0.1) is 33.8 Å². The molecule has 0 radical (unpaired) electrons. The summed E-state index contributed by atoms with van der Waals surface area (Å²) in [7, 11) is 0. The number of para-hydroxylation sites is 4. The number of aromatic nitrogens is 2. The second-order valence-electron chi connectivity index (χ2n) is 11.1. The van der Waals surface area contributed by atoms with Crippen molar-refractivity contribution in [2.45, 2.75) is 19.6 Å². The Morgan fingerprint density at radius 2 is 0.750 bits per heavy atom. The van der Waals surface area contributed by atoms with E-state index in [0.29, 0.717) is 0 Å². The van der Waals surface area contributed by atoms with Crippen molar-refractivity contribution in [1.29, 1.82) is 0 Å². The molecule has 2 aliphatic heterocycles. The highest BCUT2D eigenvalue weighted by Crippen LogP contribution is 2.53. The minimum absolute atomic E-state index is 0.975. The fourth-order valence-corrected chi connectivity index (χ4v) is 8.84. The van der Waals surface area contributed by atoms with Crippen LogP contribution < -0.4 is 9.80 Å². The van der Waals surface area contributed by atoms with E-state index in [-0.39, 0.29) is 0 Å². The highest BCUT2D eigenvalue weighted by atomic mass is 32.2. The zero-order chi connectivity index (χ0) is 28.8. The zero-order valence-electron chi connectivity index (χ0n) is 23.3. The quantitative estimate of drug-likeness (QED) is 0.184. The van der Waals surface area contributed by atoms with Gasteiger partial charge in [0.1, 0.15) is 0 Å². The van der Waals surface area contributed by atoms with Crippen molar-refractivity contribution in [3.63, 3.8) is 0 Å². The van der Waals surface area contributed by atoms with Gasteiger partial charge in [0.25, 0.3) is 0 Å². The van der Waals surface area contributed by atoms with E-state index in [2.05, 4.69) is 131 Å². The number of nitrogens with zero attached hydrogens (tertiary/aromatic N) is 4. The molecule has 8 aromatic rings. The van der Waals surface area contributed by atoms with Crippen LogP contribution in [0.2, 0.25) is 0 Å². The highest BCUT2D eigenvalue weighted by molar-refractivity contribution is 8.00. The Morgan fingerprint density at radius 3 is 1.11 bits per heavy atom. The van der Waals surface area contributed by atoms with Gasteiger partial charge in [-0.15, -0.1) is 0 Å². The van der Waals surface area contributed by atoms with Gasteiger partial charge in [-0.2, -0.15) is 0 Å². The van der Waals surface area contributed by atoms with Gasteiger partial charge in [0, 0.05) is 64.9 Å². The first kappa shape index (κ1) is 24.4. The predicted molar refractivity (Wildman–Crippen MR) is 183 cm³/mol. The SMILES string of the molecule is c1ccc2c(c1)Sc1ccccc1N2c1cc2cnc3cc(N4c5ccccc5Sc5ccccc54)cc4cnc(c1)c2c43. The maximum absolute atomic E-state index is 5.07. The molecule has 2 aromatic heterocycles. The van der Waals surface area contributed by atoms with E-state index in [4.69, 9.17) is 9.97 Å². The summed E-state index contributed by atoms with van der Waals surface area (Å²) in [5.41, 5.74) is 8.86. The third-order valence-corrected chi connectivity index (χ3v) is 10.8. The van der Waals surface area contributed by atoms with Crippen LogP contribution in [0.25, 0.3) is 32.6 Å². The average Bonchev–Trinajstić information content (AvgIpc) is 3.08. The lowest BCUT2D eigenvalue weighted by Gasteiger charge is -2.33. The lowest BCUT2D eigenvalue weighted by Crippen LogP contribution is -2.15. The van der Waals surface area contributed by atoms with Crippen molar-refractivity contribution in [1.82, 2.24) is 9.97 Å². The van der Waals surface area contributed by atoms with E-state index < -0.39 is 0 Å². The van der Waals surface area contributed by atoms with Crippen molar-refractivity contribution >= 4 is 90.2 Å². The molecule has 0 spiro atoms. The summed E-state index contributed by atoms with van der Waals surface area (Å²) in [6, 6.07) is 43.5. The van der Waals surface area contributed by atoms with Crippen LogP contribution >= 0.6 is 23.5 Å². The number of fused-ring (bicyclic) bond motifs is 4. The monoisotopic (exact) mass is 598 g/mol. The second kappa shape index (κ2) is 9.23. The molecule has 0 saturated carbocycles. The molecular weight excluding hydrogens is 577 g/mol. The molecule has 6 heteroatoms. The van der Waals surface area contributed by atoms with Gasteiger partial charge >= 0.3 is 0 Å². The average molecular weight is 599 g/mol. The molecule has 206 valence electrons. The Kier molecular flexibility index (Phi) is 5.12. The summed E-state index contributed by atoms with van der Waals surface area (Å²) in [5.74, 6) is 0. The van der Waals surface area contributed by atoms with Gasteiger partial charge in [-0.05, 0) is 72.8 Å². The number of hydrogen-bond donors (Lipinski definition) is 0. The van der Waals surface area contributed by atoms with Crippen LogP contribution in [0.4, 0.5) is 34.1 Å². The molecule has 0 aliphatic carbocycles. The Morgan fingerprint density at radius 1 is 0.409 bits per heavy atom. The molecule has 0 fully saturated rings. The Labute approximate surface area is 262 Å². The van der Waals surface area contributed by atoms with Gasteiger partial charge < -0.3 is 9.80 Å². The van der Waals surface area contributed by atoms with Crippen molar-refractivity contribution in [3.8, 4) is 0 Å². The third kappa shape index (κ3) is 3.49. The fourth-order valence-electron chi connectivity index (χ4n) is 6.72. The van der Waals surface area contributed by atoms with Crippen LogP contribution in [0.3, 0.4) is 0 Å². The fraction of sp³-hybridized carbons (Fsp3) is 0. The van der Waals surface area contributed by atoms with Gasteiger partial charge in [-0.3, -0.25) is 9.97 Å². The first-order valence-corrected chi connectivity index (χ1v) is 16.2. The van der Waals surface area contributed by atoms with Crippen LogP contribution in [0.5, 0.6) is 0 Å². The van der Waals surface area contributed by atoms with E-state index in [9.17, 15) is 0 Å². The normalized spacial score (nSPS) is 13.6. The third-order valence-electron chi connectivity index (χ3n) is 8.58. The minimum Gasteiger partial charge on any atom is -0.308 e. The van der Waals surface area contributed by atoms with Crippen LogP contribution in [0.15, 0.2) is 153 Å². The van der Waals surface area contributed by atoms with Gasteiger partial charge in [0.2, 0.25) is 0 Å². The van der Waals surface area contributed by atoms with E-state index in [1.54, 1.807) is 0 Å². The van der Waals surface area contributed by atoms with Crippen molar-refractivity contribution < 1.29 is 0 Å². The summed E-state index contributed by atoms with van der Waals surface area (Å²) in [4.78, 5) is 19.8. The largest absolute Gasteiger partial charge is 0.308 e. The van der Waals surface area contributed by atoms with Crippen LogP contribution in [0, 0.1) is 0 Å². The lowest BCUT2D eigenvalue weighted by atomic mass is 9.99. The molecule has 0 N–H and O–H groups in total. The molecule has 0 unspecified atom stereocenters. The first-order valence-electron chi connectivity index (χ1n) is 14.6.